The quantitative estimate of drug-likeness (QED) is 0.600. The second-order valence-electron chi connectivity index (χ2n) is 6.24. The number of halogens is 1. The lowest BCUT2D eigenvalue weighted by Gasteiger charge is -2.29. The molecule has 0 fully saturated rings. The van der Waals surface area contributed by atoms with E-state index in [1.807, 2.05) is 30.3 Å². The first-order valence-electron chi connectivity index (χ1n) is 8.40. The number of anilines is 2. The Balaban J connectivity index is 1.63. The SMILES string of the molecule is O=C1Nc2nc(S(=O)(=O)Cc3ccccc3)ncc2CN1c1ccccc1Br. The lowest BCUT2D eigenvalue weighted by molar-refractivity contribution is 0.255. The fourth-order valence-electron chi connectivity index (χ4n) is 2.90. The zero-order valence-corrected chi connectivity index (χ0v) is 16.9. The van der Waals surface area contributed by atoms with Crippen molar-refractivity contribution in [2.45, 2.75) is 17.5 Å². The zero-order valence-electron chi connectivity index (χ0n) is 14.5. The van der Waals surface area contributed by atoms with Crippen LogP contribution in [-0.4, -0.2) is 24.4 Å². The van der Waals surface area contributed by atoms with Crippen LogP contribution in [0.5, 0.6) is 0 Å². The lowest BCUT2D eigenvalue weighted by Crippen LogP contribution is -2.39. The topological polar surface area (TPSA) is 92.3 Å². The number of benzene rings is 2. The number of hydrogen-bond acceptors (Lipinski definition) is 5. The molecule has 0 radical (unpaired) electrons. The number of sulfone groups is 1. The van der Waals surface area contributed by atoms with Gasteiger partial charge in [-0.25, -0.2) is 23.2 Å². The fraction of sp³-hybridized carbons (Fsp3) is 0.105. The molecular formula is C19H15BrN4O3S. The Bertz CT molecular complexity index is 1150. The zero-order chi connectivity index (χ0) is 19.7. The minimum absolute atomic E-state index is 0.205. The van der Waals surface area contributed by atoms with Crippen molar-refractivity contribution in [2.24, 2.45) is 0 Å². The molecule has 0 bridgehead atoms. The Labute approximate surface area is 170 Å². The molecule has 1 aromatic heterocycles. The number of nitrogens with one attached hydrogen (secondary N) is 1. The first-order valence-corrected chi connectivity index (χ1v) is 10.8. The second kappa shape index (κ2) is 7.33. The van der Waals surface area contributed by atoms with Gasteiger partial charge in [-0.2, -0.15) is 0 Å². The van der Waals surface area contributed by atoms with Gasteiger partial charge < -0.3 is 0 Å². The highest BCUT2D eigenvalue weighted by Gasteiger charge is 2.28. The molecule has 1 aliphatic rings. The number of nitrogens with zero attached hydrogens (tertiary/aromatic N) is 3. The van der Waals surface area contributed by atoms with E-state index in [9.17, 15) is 13.2 Å². The van der Waals surface area contributed by atoms with E-state index in [1.165, 1.54) is 11.1 Å². The van der Waals surface area contributed by atoms with E-state index >= 15 is 0 Å². The van der Waals surface area contributed by atoms with Crippen LogP contribution in [0.1, 0.15) is 11.1 Å². The van der Waals surface area contributed by atoms with Gasteiger partial charge in [-0.3, -0.25) is 10.2 Å². The van der Waals surface area contributed by atoms with Crippen LogP contribution in [0.15, 0.2) is 70.4 Å². The smallest absolute Gasteiger partial charge is 0.291 e. The highest BCUT2D eigenvalue weighted by molar-refractivity contribution is 9.10. The number of amides is 2. The van der Waals surface area contributed by atoms with Crippen LogP contribution >= 0.6 is 15.9 Å². The second-order valence-corrected chi connectivity index (χ2v) is 8.98. The summed E-state index contributed by atoms with van der Waals surface area (Å²) in [5, 5.41) is 2.36. The van der Waals surface area contributed by atoms with Gasteiger partial charge in [0, 0.05) is 16.2 Å². The van der Waals surface area contributed by atoms with Crippen molar-refractivity contribution in [3.05, 3.63) is 76.4 Å². The van der Waals surface area contributed by atoms with Gasteiger partial charge in [0.1, 0.15) is 5.82 Å². The molecule has 7 nitrogen and oxygen atoms in total. The molecule has 4 rings (SSSR count). The maximum absolute atomic E-state index is 12.6. The van der Waals surface area contributed by atoms with Crippen LogP contribution in [0.25, 0.3) is 0 Å². The number of fused-ring (bicyclic) bond motifs is 1. The summed E-state index contributed by atoms with van der Waals surface area (Å²) in [7, 11) is -3.73. The molecule has 0 aliphatic carbocycles. The Hall–Kier alpha value is -2.78. The standard InChI is InChI=1S/C19H15BrN4O3S/c20-15-8-4-5-9-16(15)24-11-14-10-21-18(22-17(14)23-19(24)25)28(26,27)12-13-6-2-1-3-7-13/h1-10H,11-12H2,(H,21,22,23,25). The van der Waals surface area contributed by atoms with Crippen LogP contribution in [0, 0.1) is 0 Å². The van der Waals surface area contributed by atoms with Gasteiger partial charge in [-0.1, -0.05) is 42.5 Å². The molecule has 28 heavy (non-hydrogen) atoms. The maximum atomic E-state index is 12.6. The van der Waals surface area contributed by atoms with E-state index in [4.69, 9.17) is 0 Å². The van der Waals surface area contributed by atoms with E-state index in [0.29, 0.717) is 16.8 Å². The van der Waals surface area contributed by atoms with Crippen LogP contribution in [0.4, 0.5) is 16.3 Å². The van der Waals surface area contributed by atoms with Gasteiger partial charge in [0.2, 0.25) is 15.0 Å². The predicted molar refractivity (Wildman–Crippen MR) is 109 cm³/mol. The summed E-state index contributed by atoms with van der Waals surface area (Å²) in [4.78, 5) is 22.2. The molecule has 0 saturated carbocycles. The molecule has 0 saturated heterocycles. The van der Waals surface area contributed by atoms with Crippen molar-refractivity contribution in [3.8, 4) is 0 Å². The highest BCUT2D eigenvalue weighted by atomic mass is 79.9. The summed E-state index contributed by atoms with van der Waals surface area (Å²) in [5.74, 6) is 0.0128. The van der Waals surface area contributed by atoms with E-state index in [0.717, 1.165) is 4.47 Å². The van der Waals surface area contributed by atoms with E-state index in [1.54, 1.807) is 24.3 Å². The first kappa shape index (κ1) is 18.6. The average Bonchev–Trinajstić information content (AvgIpc) is 2.68. The predicted octanol–water partition coefficient (Wildman–Crippen LogP) is 3.77. The lowest BCUT2D eigenvalue weighted by atomic mass is 10.2. The molecule has 2 heterocycles. The Morgan fingerprint density at radius 2 is 1.79 bits per heavy atom. The Morgan fingerprint density at radius 3 is 2.54 bits per heavy atom. The molecule has 0 atom stereocenters. The van der Waals surface area contributed by atoms with Gasteiger partial charge in [0.25, 0.3) is 0 Å². The van der Waals surface area contributed by atoms with Crippen molar-refractivity contribution in [1.82, 2.24) is 9.97 Å². The number of para-hydroxylation sites is 1. The van der Waals surface area contributed by atoms with Crippen LogP contribution in [-0.2, 0) is 22.1 Å². The molecule has 2 amide bonds. The van der Waals surface area contributed by atoms with Gasteiger partial charge in [0.15, 0.2) is 0 Å². The summed E-state index contributed by atoms with van der Waals surface area (Å²) in [6, 6.07) is 15.8. The molecule has 2 aromatic carbocycles. The third-order valence-electron chi connectivity index (χ3n) is 4.26. The molecule has 3 aromatic rings. The van der Waals surface area contributed by atoms with E-state index in [2.05, 4.69) is 31.2 Å². The number of carbonyl (C=O) groups excluding carboxylic acids is 1. The third-order valence-corrected chi connectivity index (χ3v) is 6.40. The van der Waals surface area contributed by atoms with Crippen molar-refractivity contribution >= 4 is 43.3 Å². The molecule has 0 unspecified atom stereocenters. The number of aromatic nitrogens is 2. The Kier molecular flexibility index (Phi) is 4.86. The molecule has 1 aliphatic heterocycles. The molecule has 142 valence electrons. The molecular weight excluding hydrogens is 444 g/mol. The van der Waals surface area contributed by atoms with Crippen LogP contribution < -0.4 is 10.2 Å². The van der Waals surface area contributed by atoms with Gasteiger partial charge >= 0.3 is 6.03 Å². The minimum atomic E-state index is -3.73. The average molecular weight is 459 g/mol. The van der Waals surface area contributed by atoms with Crippen LogP contribution in [0.2, 0.25) is 0 Å². The van der Waals surface area contributed by atoms with Crippen molar-refractivity contribution in [1.29, 1.82) is 0 Å². The van der Waals surface area contributed by atoms with E-state index in [-0.39, 0.29) is 29.3 Å². The highest BCUT2D eigenvalue weighted by Crippen LogP contribution is 2.31. The van der Waals surface area contributed by atoms with Gasteiger partial charge in [-0.15, -0.1) is 0 Å². The monoisotopic (exact) mass is 458 g/mol. The van der Waals surface area contributed by atoms with Crippen LogP contribution in [0.3, 0.4) is 0 Å². The summed E-state index contributed by atoms with van der Waals surface area (Å²) in [6.45, 7) is 0.239. The maximum Gasteiger partial charge on any atom is 0.327 e. The number of urea groups is 1. The Morgan fingerprint density at radius 1 is 1.07 bits per heavy atom. The van der Waals surface area contributed by atoms with Crippen molar-refractivity contribution in [2.75, 3.05) is 10.2 Å². The summed E-state index contributed by atoms with van der Waals surface area (Å²) < 4.78 is 26.1. The number of carbonyl (C=O) groups is 1. The molecule has 1 N–H and O–H groups in total. The largest absolute Gasteiger partial charge is 0.327 e. The van der Waals surface area contributed by atoms with Gasteiger partial charge in [0.05, 0.1) is 18.0 Å². The fourth-order valence-corrected chi connectivity index (χ4v) is 4.60. The number of hydrogen-bond donors (Lipinski definition) is 1. The minimum Gasteiger partial charge on any atom is -0.291 e. The van der Waals surface area contributed by atoms with Crippen molar-refractivity contribution < 1.29 is 13.2 Å². The number of rotatable bonds is 4. The molecule has 0 spiro atoms. The first-order chi connectivity index (χ1) is 13.4. The summed E-state index contributed by atoms with van der Waals surface area (Å²) >= 11 is 3.44. The summed E-state index contributed by atoms with van der Waals surface area (Å²) in [5.41, 5.74) is 1.98. The van der Waals surface area contributed by atoms with Gasteiger partial charge in [-0.05, 0) is 33.6 Å². The van der Waals surface area contributed by atoms with E-state index < -0.39 is 9.84 Å². The summed E-state index contributed by atoms with van der Waals surface area (Å²) in [6.07, 6.45) is 1.45. The normalized spacial score (nSPS) is 13.8. The molecule has 9 heteroatoms. The third kappa shape index (κ3) is 3.63. The van der Waals surface area contributed by atoms with Crippen molar-refractivity contribution in [3.63, 3.8) is 0 Å².